The van der Waals surface area contributed by atoms with Crippen molar-refractivity contribution in [1.82, 2.24) is 15.2 Å². The minimum Gasteiger partial charge on any atom is -0.481 e. The van der Waals surface area contributed by atoms with Crippen LogP contribution in [0, 0.1) is 5.92 Å². The number of halogens is 3. The van der Waals surface area contributed by atoms with Gasteiger partial charge in [-0.3, -0.25) is 4.79 Å². The predicted molar refractivity (Wildman–Crippen MR) is 71.4 cm³/mol. The molecule has 6 nitrogen and oxygen atoms in total. The molecule has 1 fully saturated rings. The second kappa shape index (κ2) is 6.51. The number of piperidine rings is 1. The van der Waals surface area contributed by atoms with E-state index in [2.05, 4.69) is 4.98 Å². The Morgan fingerprint density at radius 2 is 2.23 bits per heavy atom. The van der Waals surface area contributed by atoms with Crippen LogP contribution in [-0.4, -0.2) is 46.3 Å². The number of alkyl halides is 3. The van der Waals surface area contributed by atoms with E-state index in [-0.39, 0.29) is 18.1 Å². The van der Waals surface area contributed by atoms with Gasteiger partial charge in [-0.15, -0.1) is 11.3 Å². The Morgan fingerprint density at radius 1 is 1.50 bits per heavy atom. The van der Waals surface area contributed by atoms with E-state index in [1.54, 1.807) is 0 Å². The molecular weight excluding hydrogens is 323 g/mol. The molecule has 1 aliphatic heterocycles. The third kappa shape index (κ3) is 3.87. The van der Waals surface area contributed by atoms with Crippen LogP contribution in [-0.2, 0) is 4.79 Å². The van der Waals surface area contributed by atoms with E-state index < -0.39 is 30.1 Å². The minimum atomic E-state index is -4.67. The first-order chi connectivity index (χ1) is 10.3. The predicted octanol–water partition coefficient (Wildman–Crippen LogP) is 2.25. The standard InChI is InChI=1S/C12H14F3N3O3S/c13-12(14,15)8(9-16-3-5-22-9)17-11(21)18-4-1-2-7(6-18)10(19)20/h3,5,7-8H,1-2,4,6H2,(H,17,21)(H,19,20). The average Bonchev–Trinajstić information content (AvgIpc) is 2.97. The number of nitrogens with one attached hydrogen (secondary N) is 1. The molecule has 0 saturated carbocycles. The topological polar surface area (TPSA) is 82.5 Å². The average molecular weight is 337 g/mol. The Hall–Kier alpha value is -1.84. The number of aromatic nitrogens is 1. The maximum atomic E-state index is 13.1. The van der Waals surface area contributed by atoms with Crippen molar-refractivity contribution in [2.75, 3.05) is 13.1 Å². The molecule has 1 aromatic rings. The molecule has 1 aromatic heterocycles. The molecule has 2 amide bonds. The monoisotopic (exact) mass is 337 g/mol. The Bertz CT molecular complexity index is 535. The van der Waals surface area contributed by atoms with E-state index in [0.717, 1.165) is 16.2 Å². The first-order valence-corrected chi connectivity index (χ1v) is 7.41. The van der Waals surface area contributed by atoms with Gasteiger partial charge in [-0.05, 0) is 12.8 Å². The number of rotatable bonds is 3. The summed E-state index contributed by atoms with van der Waals surface area (Å²) in [5.74, 6) is -1.80. The molecule has 1 aliphatic rings. The summed E-state index contributed by atoms with van der Waals surface area (Å²) in [5, 5.41) is 12.0. The first-order valence-electron chi connectivity index (χ1n) is 6.53. The lowest BCUT2D eigenvalue weighted by Crippen LogP contribution is -2.50. The van der Waals surface area contributed by atoms with Gasteiger partial charge in [0.05, 0.1) is 5.92 Å². The first kappa shape index (κ1) is 16.5. The number of thiazole rings is 1. The summed E-state index contributed by atoms with van der Waals surface area (Å²) in [6.07, 6.45) is -2.59. The molecule has 2 N–H and O–H groups in total. The van der Waals surface area contributed by atoms with Gasteiger partial charge in [0.15, 0.2) is 6.04 Å². The second-order valence-electron chi connectivity index (χ2n) is 4.92. The van der Waals surface area contributed by atoms with Crippen LogP contribution in [0.3, 0.4) is 0 Å². The Morgan fingerprint density at radius 3 is 2.77 bits per heavy atom. The van der Waals surface area contributed by atoms with Crippen LogP contribution >= 0.6 is 11.3 Å². The van der Waals surface area contributed by atoms with E-state index in [0.29, 0.717) is 12.8 Å². The number of urea groups is 1. The number of carbonyl (C=O) groups excluding carboxylic acids is 1. The van der Waals surface area contributed by atoms with Crippen molar-refractivity contribution < 1.29 is 27.9 Å². The van der Waals surface area contributed by atoms with Crippen molar-refractivity contribution in [2.24, 2.45) is 5.92 Å². The van der Waals surface area contributed by atoms with Gasteiger partial charge in [0.25, 0.3) is 0 Å². The van der Waals surface area contributed by atoms with E-state index in [9.17, 15) is 22.8 Å². The van der Waals surface area contributed by atoms with Gasteiger partial charge >= 0.3 is 18.2 Å². The fourth-order valence-corrected chi connectivity index (χ4v) is 2.95. The summed E-state index contributed by atoms with van der Waals surface area (Å²) in [4.78, 5) is 27.7. The Labute approximate surface area is 127 Å². The summed E-state index contributed by atoms with van der Waals surface area (Å²) in [5.41, 5.74) is 0. The lowest BCUT2D eigenvalue weighted by atomic mass is 9.99. The highest BCUT2D eigenvalue weighted by Gasteiger charge is 2.44. The molecule has 2 heterocycles. The van der Waals surface area contributed by atoms with Gasteiger partial charge in [0.1, 0.15) is 5.01 Å². The molecule has 122 valence electrons. The van der Waals surface area contributed by atoms with Crippen LogP contribution in [0.4, 0.5) is 18.0 Å². The number of hydrogen-bond donors (Lipinski definition) is 2. The van der Waals surface area contributed by atoms with Crippen molar-refractivity contribution in [1.29, 1.82) is 0 Å². The Balaban J connectivity index is 2.07. The zero-order chi connectivity index (χ0) is 16.3. The van der Waals surface area contributed by atoms with Crippen LogP contribution in [0.1, 0.15) is 23.9 Å². The molecule has 1 saturated heterocycles. The van der Waals surface area contributed by atoms with Gasteiger partial charge in [-0.2, -0.15) is 13.2 Å². The fraction of sp³-hybridized carbons (Fsp3) is 0.583. The van der Waals surface area contributed by atoms with E-state index in [1.807, 2.05) is 5.32 Å². The van der Waals surface area contributed by atoms with E-state index >= 15 is 0 Å². The van der Waals surface area contributed by atoms with Crippen LogP contribution in [0.5, 0.6) is 0 Å². The third-order valence-electron chi connectivity index (χ3n) is 3.35. The normalized spacial score (nSPS) is 20.5. The number of aliphatic carboxylic acids is 1. The zero-order valence-corrected chi connectivity index (χ0v) is 12.2. The smallest absolute Gasteiger partial charge is 0.415 e. The lowest BCUT2D eigenvalue weighted by molar-refractivity contribution is -0.155. The fourth-order valence-electron chi connectivity index (χ4n) is 2.24. The summed E-state index contributed by atoms with van der Waals surface area (Å²) >= 11 is 0.794. The number of carboxylic acid groups (broad SMARTS) is 1. The van der Waals surface area contributed by atoms with Crippen molar-refractivity contribution >= 4 is 23.3 Å². The van der Waals surface area contributed by atoms with Crippen LogP contribution in [0.15, 0.2) is 11.6 Å². The molecule has 0 bridgehead atoms. The van der Waals surface area contributed by atoms with Crippen molar-refractivity contribution in [3.63, 3.8) is 0 Å². The summed E-state index contributed by atoms with van der Waals surface area (Å²) < 4.78 is 39.2. The highest BCUT2D eigenvalue weighted by molar-refractivity contribution is 7.09. The van der Waals surface area contributed by atoms with Crippen LogP contribution in [0.2, 0.25) is 0 Å². The molecule has 0 aromatic carbocycles. The minimum absolute atomic E-state index is 0.0936. The SMILES string of the molecule is O=C(O)C1CCCN(C(=O)NC(c2nccs2)C(F)(F)F)C1. The Kier molecular flexibility index (Phi) is 4.89. The zero-order valence-electron chi connectivity index (χ0n) is 11.3. The quantitative estimate of drug-likeness (QED) is 0.886. The number of nitrogens with zero attached hydrogens (tertiary/aromatic N) is 2. The maximum absolute atomic E-state index is 13.1. The molecule has 2 atom stereocenters. The number of hydrogen-bond acceptors (Lipinski definition) is 4. The van der Waals surface area contributed by atoms with E-state index in [1.165, 1.54) is 11.6 Å². The molecule has 0 spiro atoms. The van der Waals surface area contributed by atoms with Crippen molar-refractivity contribution in [3.05, 3.63) is 16.6 Å². The van der Waals surface area contributed by atoms with Gasteiger partial charge in [-0.1, -0.05) is 0 Å². The van der Waals surface area contributed by atoms with Crippen molar-refractivity contribution in [2.45, 2.75) is 25.1 Å². The molecule has 22 heavy (non-hydrogen) atoms. The summed E-state index contributed by atoms with van der Waals surface area (Å²) in [6, 6.07) is -3.12. The number of carbonyl (C=O) groups is 2. The maximum Gasteiger partial charge on any atom is 0.415 e. The summed E-state index contributed by atoms with van der Waals surface area (Å²) in [6.45, 7) is 0.141. The number of carboxylic acids is 1. The van der Waals surface area contributed by atoms with Crippen LogP contribution in [0.25, 0.3) is 0 Å². The molecular formula is C12H14F3N3O3S. The van der Waals surface area contributed by atoms with Crippen molar-refractivity contribution in [3.8, 4) is 0 Å². The lowest BCUT2D eigenvalue weighted by Gasteiger charge is -2.32. The number of amides is 2. The summed E-state index contributed by atoms with van der Waals surface area (Å²) in [7, 11) is 0. The van der Waals surface area contributed by atoms with Gasteiger partial charge < -0.3 is 15.3 Å². The highest BCUT2D eigenvalue weighted by atomic mass is 32.1. The molecule has 10 heteroatoms. The van der Waals surface area contributed by atoms with E-state index in [4.69, 9.17) is 5.11 Å². The molecule has 0 aliphatic carbocycles. The number of likely N-dealkylation sites (tertiary alicyclic amines) is 1. The molecule has 0 radical (unpaired) electrons. The third-order valence-corrected chi connectivity index (χ3v) is 4.19. The molecule has 2 unspecified atom stereocenters. The van der Waals surface area contributed by atoms with Gasteiger partial charge in [0.2, 0.25) is 0 Å². The van der Waals surface area contributed by atoms with Gasteiger partial charge in [-0.25, -0.2) is 9.78 Å². The van der Waals surface area contributed by atoms with Crippen LogP contribution < -0.4 is 5.32 Å². The highest BCUT2D eigenvalue weighted by Crippen LogP contribution is 2.34. The van der Waals surface area contributed by atoms with Gasteiger partial charge in [0, 0.05) is 24.7 Å². The largest absolute Gasteiger partial charge is 0.481 e. The second-order valence-corrected chi connectivity index (χ2v) is 5.84. The molecule has 2 rings (SSSR count).